The smallest absolute Gasteiger partial charge is 0.0642 e. The molecule has 2 heterocycles. The van der Waals surface area contributed by atoms with Gasteiger partial charge < -0.3 is 25.0 Å². The highest BCUT2D eigenvalue weighted by atomic mass is 16.5. The van der Waals surface area contributed by atoms with Crippen LogP contribution in [0.15, 0.2) is 18.2 Å². The lowest BCUT2D eigenvalue weighted by molar-refractivity contribution is 0.122. The van der Waals surface area contributed by atoms with Crippen molar-refractivity contribution in [3.8, 4) is 0 Å². The van der Waals surface area contributed by atoms with E-state index in [1.54, 1.807) is 0 Å². The van der Waals surface area contributed by atoms with E-state index in [1.165, 1.54) is 11.4 Å². The van der Waals surface area contributed by atoms with Crippen LogP contribution in [0, 0.1) is 0 Å². The lowest BCUT2D eigenvalue weighted by atomic mass is 10.2. The molecular formula is C15H27N3O2. The van der Waals surface area contributed by atoms with Crippen molar-refractivity contribution in [2.24, 2.45) is 0 Å². The lowest BCUT2D eigenvalue weighted by Crippen LogP contribution is -2.38. The maximum absolute atomic E-state index is 6.06. The van der Waals surface area contributed by atoms with Gasteiger partial charge in [-0.1, -0.05) is 7.43 Å². The number of nitrogens with zero attached hydrogens (tertiary/aromatic N) is 2. The first-order valence-electron chi connectivity index (χ1n) is 6.89. The van der Waals surface area contributed by atoms with Crippen molar-refractivity contribution in [2.75, 3.05) is 68.1 Å². The minimum atomic E-state index is 0. The molecule has 0 unspecified atom stereocenters. The van der Waals surface area contributed by atoms with E-state index in [9.17, 15) is 0 Å². The summed E-state index contributed by atoms with van der Waals surface area (Å²) in [6.45, 7) is 6.92. The quantitative estimate of drug-likeness (QED) is 0.838. The second-order valence-corrected chi connectivity index (χ2v) is 4.98. The molecule has 2 aliphatic heterocycles. The van der Waals surface area contributed by atoms with Gasteiger partial charge in [-0.2, -0.15) is 0 Å². The van der Waals surface area contributed by atoms with Crippen molar-refractivity contribution in [2.45, 2.75) is 7.43 Å². The molecule has 2 saturated heterocycles. The Hall–Kier alpha value is -1.46. The number of rotatable bonds is 2. The SMILES string of the molecule is C.Nc1cc(N2CCOCC2)cc(N2CCOCC2)c1.[HH]. The number of hydrogen-bond acceptors (Lipinski definition) is 5. The number of benzene rings is 1. The van der Waals surface area contributed by atoms with E-state index in [1.807, 2.05) is 0 Å². The van der Waals surface area contributed by atoms with Gasteiger partial charge in [0.2, 0.25) is 0 Å². The minimum absolute atomic E-state index is 0. The molecular weight excluding hydrogens is 254 g/mol. The Bertz CT molecular complexity index is 397. The Kier molecular flexibility index (Phi) is 5.09. The third-order valence-electron chi connectivity index (χ3n) is 3.68. The van der Waals surface area contributed by atoms with Crippen molar-refractivity contribution in [1.82, 2.24) is 0 Å². The van der Waals surface area contributed by atoms with E-state index in [2.05, 4.69) is 28.0 Å². The second-order valence-electron chi connectivity index (χ2n) is 4.98. The maximum atomic E-state index is 6.06. The van der Waals surface area contributed by atoms with E-state index in [0.29, 0.717) is 0 Å². The number of nitrogen functional groups attached to an aromatic ring is 1. The van der Waals surface area contributed by atoms with Crippen molar-refractivity contribution in [3.05, 3.63) is 18.2 Å². The highest BCUT2D eigenvalue weighted by Crippen LogP contribution is 2.27. The van der Waals surface area contributed by atoms with Gasteiger partial charge in [-0.25, -0.2) is 0 Å². The van der Waals surface area contributed by atoms with Gasteiger partial charge >= 0.3 is 0 Å². The van der Waals surface area contributed by atoms with Gasteiger partial charge in [0.1, 0.15) is 0 Å². The zero-order valence-electron chi connectivity index (χ0n) is 11.2. The molecule has 0 aromatic heterocycles. The average Bonchev–Trinajstić information content (AvgIpc) is 2.48. The number of ether oxygens (including phenoxy) is 2. The third-order valence-corrected chi connectivity index (χ3v) is 3.68. The first-order valence-corrected chi connectivity index (χ1v) is 6.89. The van der Waals surface area contributed by atoms with E-state index < -0.39 is 0 Å². The summed E-state index contributed by atoms with van der Waals surface area (Å²) in [5, 5.41) is 0. The molecule has 0 atom stereocenters. The highest BCUT2D eigenvalue weighted by Gasteiger charge is 2.16. The molecule has 1 aromatic rings. The molecule has 114 valence electrons. The van der Waals surface area contributed by atoms with Crippen LogP contribution in [0.3, 0.4) is 0 Å². The van der Waals surface area contributed by atoms with Crippen molar-refractivity contribution < 1.29 is 10.9 Å². The predicted molar refractivity (Wildman–Crippen MR) is 85.8 cm³/mol. The van der Waals surface area contributed by atoms with Crippen LogP contribution >= 0.6 is 0 Å². The number of morpholine rings is 2. The van der Waals surface area contributed by atoms with Gasteiger partial charge in [0.15, 0.2) is 0 Å². The maximum Gasteiger partial charge on any atom is 0.0642 e. The van der Waals surface area contributed by atoms with Gasteiger partial charge in [-0.3, -0.25) is 0 Å². The van der Waals surface area contributed by atoms with E-state index >= 15 is 0 Å². The molecule has 5 nitrogen and oxygen atoms in total. The minimum Gasteiger partial charge on any atom is -0.399 e. The van der Waals surface area contributed by atoms with Gasteiger partial charge in [0.05, 0.1) is 26.4 Å². The van der Waals surface area contributed by atoms with E-state index in [4.69, 9.17) is 15.2 Å². The summed E-state index contributed by atoms with van der Waals surface area (Å²) in [6.07, 6.45) is 0. The molecule has 5 heteroatoms. The summed E-state index contributed by atoms with van der Waals surface area (Å²) in [4.78, 5) is 4.67. The van der Waals surface area contributed by atoms with Crippen LogP contribution in [-0.4, -0.2) is 52.6 Å². The summed E-state index contributed by atoms with van der Waals surface area (Å²) < 4.78 is 10.8. The standard InChI is InChI=1S/C14H21N3O2.CH4.H2/c15-12-9-13(16-1-5-18-6-2-16)11-14(10-12)17-3-7-19-8-4-17;;/h9-11H,1-8,15H2;1H4;1H. The normalized spacial score (nSPS) is 19.6. The topological polar surface area (TPSA) is 51.0 Å². The van der Waals surface area contributed by atoms with Crippen LogP contribution in [0.4, 0.5) is 17.1 Å². The molecule has 3 rings (SSSR count). The third kappa shape index (κ3) is 3.35. The van der Waals surface area contributed by atoms with Crippen molar-refractivity contribution >= 4 is 17.1 Å². The monoisotopic (exact) mass is 281 g/mol. The Morgan fingerprint density at radius 3 is 1.60 bits per heavy atom. The van der Waals surface area contributed by atoms with Gasteiger partial charge in [0.25, 0.3) is 0 Å². The van der Waals surface area contributed by atoms with Gasteiger partial charge in [-0.15, -0.1) is 0 Å². The fourth-order valence-corrected chi connectivity index (χ4v) is 2.63. The zero-order valence-corrected chi connectivity index (χ0v) is 11.2. The number of anilines is 3. The average molecular weight is 281 g/mol. The fourth-order valence-electron chi connectivity index (χ4n) is 2.63. The summed E-state index contributed by atoms with van der Waals surface area (Å²) in [7, 11) is 0. The molecule has 0 bridgehead atoms. The molecule has 2 N–H and O–H groups in total. The highest BCUT2D eigenvalue weighted by molar-refractivity contribution is 5.67. The summed E-state index contributed by atoms with van der Waals surface area (Å²) >= 11 is 0. The van der Waals surface area contributed by atoms with Crippen LogP contribution in [0.25, 0.3) is 0 Å². The van der Waals surface area contributed by atoms with E-state index in [0.717, 1.165) is 58.3 Å². The Labute approximate surface area is 122 Å². The van der Waals surface area contributed by atoms with Crippen molar-refractivity contribution in [3.63, 3.8) is 0 Å². The van der Waals surface area contributed by atoms with E-state index in [-0.39, 0.29) is 8.85 Å². The predicted octanol–water partition coefficient (Wildman–Crippen LogP) is 1.82. The van der Waals surface area contributed by atoms with Crippen LogP contribution in [0.2, 0.25) is 0 Å². The Balaban J connectivity index is 0.00000110. The van der Waals surface area contributed by atoms with Gasteiger partial charge in [0, 0.05) is 44.7 Å². The second kappa shape index (κ2) is 6.81. The van der Waals surface area contributed by atoms with Gasteiger partial charge in [-0.05, 0) is 18.2 Å². The Morgan fingerprint density at radius 1 is 0.800 bits per heavy atom. The molecule has 2 aliphatic rings. The first-order chi connectivity index (χ1) is 9.33. The molecule has 0 radical (unpaired) electrons. The van der Waals surface area contributed by atoms with Crippen LogP contribution in [0.1, 0.15) is 8.85 Å². The molecule has 0 amide bonds. The molecule has 0 spiro atoms. The van der Waals surface area contributed by atoms with Crippen LogP contribution in [-0.2, 0) is 9.47 Å². The summed E-state index contributed by atoms with van der Waals surface area (Å²) in [6, 6.07) is 6.33. The largest absolute Gasteiger partial charge is 0.399 e. The summed E-state index contributed by atoms with van der Waals surface area (Å²) in [5.41, 5.74) is 9.28. The van der Waals surface area contributed by atoms with Crippen LogP contribution in [0.5, 0.6) is 0 Å². The summed E-state index contributed by atoms with van der Waals surface area (Å²) in [5.74, 6) is 0. The Morgan fingerprint density at radius 2 is 1.20 bits per heavy atom. The lowest BCUT2D eigenvalue weighted by Gasteiger charge is -2.32. The number of nitrogens with two attached hydrogens (primary N) is 1. The first kappa shape index (κ1) is 14.9. The molecule has 1 aromatic carbocycles. The molecule has 0 saturated carbocycles. The van der Waals surface area contributed by atoms with Crippen LogP contribution < -0.4 is 15.5 Å². The molecule has 2 fully saturated rings. The zero-order chi connectivity index (χ0) is 13.1. The molecule has 0 aliphatic carbocycles. The van der Waals surface area contributed by atoms with Crippen molar-refractivity contribution in [1.29, 1.82) is 0 Å². The number of hydrogen-bond donors (Lipinski definition) is 1. The molecule has 20 heavy (non-hydrogen) atoms. The fraction of sp³-hybridized carbons (Fsp3) is 0.600.